The average Bonchev–Trinajstić information content (AvgIpc) is 2.44. The molecule has 0 bridgehead atoms. The molecule has 1 amide bonds. The average molecular weight is 180 g/mol. The molecule has 0 saturated carbocycles. The largest absolute Gasteiger partial charge is 0.447 e. The monoisotopic (exact) mass is 180 g/mol. The van der Waals surface area contributed by atoms with Gasteiger partial charge in [0, 0.05) is 26.1 Å². The number of nitrogens with zero attached hydrogens (tertiary/aromatic N) is 1. The van der Waals surface area contributed by atoms with Crippen LogP contribution >= 0.6 is 0 Å². The quantitative estimate of drug-likeness (QED) is 0.657. The van der Waals surface area contributed by atoms with Crippen LogP contribution in [0.2, 0.25) is 0 Å². The molecule has 2 heterocycles. The third kappa shape index (κ3) is 1.39. The van der Waals surface area contributed by atoms with Crippen molar-refractivity contribution in [3.8, 4) is 0 Å². The summed E-state index contributed by atoms with van der Waals surface area (Å²) in [7, 11) is 0. The maximum absolute atomic E-state index is 11.3. The summed E-state index contributed by atoms with van der Waals surface area (Å²) < 4.78 is 5.21. The summed E-state index contributed by atoms with van der Waals surface area (Å²) in [5.74, 6) is 0.763. The first-order valence-corrected chi connectivity index (χ1v) is 4.38. The second-order valence-corrected chi connectivity index (χ2v) is 3.09. The second-order valence-electron chi connectivity index (χ2n) is 3.09. The molecule has 4 nitrogen and oxygen atoms in total. The van der Waals surface area contributed by atoms with Crippen LogP contribution in [0.15, 0.2) is 16.7 Å². The van der Waals surface area contributed by atoms with Crippen molar-refractivity contribution in [2.45, 2.75) is 13.3 Å². The Hall–Kier alpha value is -1.45. The SMILES string of the molecule is CC(=O)N1CCCNc2occc21. The Kier molecular flexibility index (Phi) is 1.96. The Morgan fingerprint density at radius 2 is 2.54 bits per heavy atom. The minimum Gasteiger partial charge on any atom is -0.447 e. The van der Waals surface area contributed by atoms with E-state index in [0.29, 0.717) is 5.88 Å². The van der Waals surface area contributed by atoms with Gasteiger partial charge in [-0.15, -0.1) is 0 Å². The molecule has 0 aromatic carbocycles. The Labute approximate surface area is 76.5 Å². The Bertz CT molecular complexity index is 319. The smallest absolute Gasteiger partial charge is 0.224 e. The van der Waals surface area contributed by atoms with Gasteiger partial charge in [-0.3, -0.25) is 4.79 Å². The van der Waals surface area contributed by atoms with Crippen LogP contribution in [0, 0.1) is 0 Å². The van der Waals surface area contributed by atoms with Gasteiger partial charge in [-0.05, 0) is 6.42 Å². The van der Waals surface area contributed by atoms with Crippen molar-refractivity contribution in [3.05, 3.63) is 12.3 Å². The summed E-state index contributed by atoms with van der Waals surface area (Å²) in [6, 6.07) is 1.81. The Morgan fingerprint density at radius 3 is 3.31 bits per heavy atom. The highest BCUT2D eigenvalue weighted by atomic mass is 16.3. The molecule has 0 spiro atoms. The zero-order valence-electron chi connectivity index (χ0n) is 7.54. The van der Waals surface area contributed by atoms with E-state index in [4.69, 9.17) is 4.42 Å². The lowest BCUT2D eigenvalue weighted by atomic mass is 10.3. The van der Waals surface area contributed by atoms with E-state index in [9.17, 15) is 4.79 Å². The van der Waals surface area contributed by atoms with Gasteiger partial charge in [-0.25, -0.2) is 0 Å². The van der Waals surface area contributed by atoms with E-state index in [0.717, 1.165) is 25.2 Å². The third-order valence-electron chi connectivity index (χ3n) is 2.16. The fraction of sp³-hybridized carbons (Fsp3) is 0.444. The summed E-state index contributed by atoms with van der Waals surface area (Å²) in [5.41, 5.74) is 0.852. The van der Waals surface area contributed by atoms with E-state index in [1.807, 2.05) is 6.07 Å². The van der Waals surface area contributed by atoms with Crippen LogP contribution in [0.5, 0.6) is 0 Å². The summed E-state index contributed by atoms with van der Waals surface area (Å²) in [6.45, 7) is 3.18. The molecule has 70 valence electrons. The van der Waals surface area contributed by atoms with E-state index in [1.54, 1.807) is 18.1 Å². The number of nitrogens with one attached hydrogen (secondary N) is 1. The Balaban J connectivity index is 2.36. The van der Waals surface area contributed by atoms with Crippen molar-refractivity contribution in [2.24, 2.45) is 0 Å². The predicted octanol–water partition coefficient (Wildman–Crippen LogP) is 1.45. The molecule has 1 aromatic heterocycles. The van der Waals surface area contributed by atoms with Crippen molar-refractivity contribution in [1.82, 2.24) is 0 Å². The number of amides is 1. The topological polar surface area (TPSA) is 45.5 Å². The zero-order chi connectivity index (χ0) is 9.26. The standard InChI is InChI=1S/C9H12N2O2/c1-7(12)11-5-2-4-10-9-8(11)3-6-13-9/h3,6,10H,2,4-5H2,1H3. The van der Waals surface area contributed by atoms with Gasteiger partial charge in [0.2, 0.25) is 11.8 Å². The van der Waals surface area contributed by atoms with Crippen molar-refractivity contribution in [2.75, 3.05) is 23.3 Å². The van der Waals surface area contributed by atoms with Gasteiger partial charge in [-0.2, -0.15) is 0 Å². The first-order chi connectivity index (χ1) is 6.29. The van der Waals surface area contributed by atoms with Gasteiger partial charge in [0.1, 0.15) is 5.69 Å². The van der Waals surface area contributed by atoms with Gasteiger partial charge >= 0.3 is 0 Å². The second kappa shape index (κ2) is 3.12. The molecular weight excluding hydrogens is 168 g/mol. The zero-order valence-corrected chi connectivity index (χ0v) is 7.54. The van der Waals surface area contributed by atoms with Crippen LogP contribution in [0.3, 0.4) is 0 Å². The van der Waals surface area contributed by atoms with Gasteiger partial charge in [0.05, 0.1) is 6.26 Å². The van der Waals surface area contributed by atoms with Gasteiger partial charge in [0.15, 0.2) is 0 Å². The number of carbonyl (C=O) groups excluding carboxylic acids is 1. The minimum absolute atomic E-state index is 0.0614. The van der Waals surface area contributed by atoms with Crippen LogP contribution in [0.1, 0.15) is 13.3 Å². The summed E-state index contributed by atoms with van der Waals surface area (Å²) in [5, 5.41) is 3.13. The minimum atomic E-state index is 0.0614. The molecule has 1 aliphatic heterocycles. The molecule has 0 saturated heterocycles. The molecule has 0 unspecified atom stereocenters. The number of furan rings is 1. The lowest BCUT2D eigenvalue weighted by Crippen LogP contribution is -2.28. The van der Waals surface area contributed by atoms with Crippen molar-refractivity contribution >= 4 is 17.5 Å². The van der Waals surface area contributed by atoms with Gasteiger partial charge < -0.3 is 14.6 Å². The van der Waals surface area contributed by atoms with E-state index in [-0.39, 0.29) is 5.91 Å². The lowest BCUT2D eigenvalue weighted by molar-refractivity contribution is -0.116. The van der Waals surface area contributed by atoms with E-state index in [1.165, 1.54) is 0 Å². The Morgan fingerprint density at radius 1 is 1.69 bits per heavy atom. The molecule has 4 heteroatoms. The first-order valence-electron chi connectivity index (χ1n) is 4.38. The molecule has 0 aliphatic carbocycles. The molecular formula is C9H12N2O2. The van der Waals surface area contributed by atoms with Crippen LogP contribution in [0.25, 0.3) is 0 Å². The van der Waals surface area contributed by atoms with Gasteiger partial charge in [0.25, 0.3) is 0 Å². The molecule has 0 radical (unpaired) electrons. The molecule has 0 atom stereocenters. The van der Waals surface area contributed by atoms with E-state index in [2.05, 4.69) is 5.32 Å². The highest BCUT2D eigenvalue weighted by Gasteiger charge is 2.19. The van der Waals surface area contributed by atoms with Crippen molar-refractivity contribution in [1.29, 1.82) is 0 Å². The first kappa shape index (κ1) is 8.16. The predicted molar refractivity (Wildman–Crippen MR) is 49.8 cm³/mol. The van der Waals surface area contributed by atoms with Crippen LogP contribution in [-0.4, -0.2) is 19.0 Å². The van der Waals surface area contributed by atoms with Gasteiger partial charge in [-0.1, -0.05) is 0 Å². The summed E-state index contributed by atoms with van der Waals surface area (Å²) in [4.78, 5) is 13.0. The third-order valence-corrected chi connectivity index (χ3v) is 2.16. The fourth-order valence-electron chi connectivity index (χ4n) is 1.53. The molecule has 1 aliphatic rings. The molecule has 2 rings (SSSR count). The van der Waals surface area contributed by atoms with Crippen LogP contribution < -0.4 is 10.2 Å². The maximum atomic E-state index is 11.3. The summed E-state index contributed by atoms with van der Waals surface area (Å²) in [6.07, 6.45) is 2.54. The lowest BCUT2D eigenvalue weighted by Gasteiger charge is -2.16. The van der Waals surface area contributed by atoms with Crippen LogP contribution in [0.4, 0.5) is 11.6 Å². The van der Waals surface area contributed by atoms with E-state index >= 15 is 0 Å². The van der Waals surface area contributed by atoms with Crippen molar-refractivity contribution in [3.63, 3.8) is 0 Å². The molecule has 0 fully saturated rings. The number of hydrogen-bond acceptors (Lipinski definition) is 3. The highest BCUT2D eigenvalue weighted by molar-refractivity contribution is 5.94. The molecule has 1 aromatic rings. The number of rotatable bonds is 0. The maximum Gasteiger partial charge on any atom is 0.224 e. The van der Waals surface area contributed by atoms with E-state index < -0.39 is 0 Å². The summed E-state index contributed by atoms with van der Waals surface area (Å²) >= 11 is 0. The van der Waals surface area contributed by atoms with Crippen molar-refractivity contribution < 1.29 is 9.21 Å². The normalized spacial score (nSPS) is 15.9. The number of anilines is 2. The van der Waals surface area contributed by atoms with Crippen LogP contribution in [-0.2, 0) is 4.79 Å². The molecule has 13 heavy (non-hydrogen) atoms. The fourth-order valence-corrected chi connectivity index (χ4v) is 1.53. The highest BCUT2D eigenvalue weighted by Crippen LogP contribution is 2.29. The number of fused-ring (bicyclic) bond motifs is 1. The molecule has 1 N–H and O–H groups in total. The number of hydrogen-bond donors (Lipinski definition) is 1. The number of carbonyl (C=O) groups is 1.